The minimum Gasteiger partial charge on any atom is -0.462 e. The van der Waals surface area contributed by atoms with Crippen molar-refractivity contribution in [1.29, 1.82) is 0 Å². The zero-order valence-electron chi connectivity index (χ0n) is 14.2. The molecule has 0 amide bonds. The van der Waals surface area contributed by atoms with Crippen LogP contribution in [-0.4, -0.2) is 50.1 Å². The van der Waals surface area contributed by atoms with Gasteiger partial charge in [-0.25, -0.2) is 4.79 Å². The van der Waals surface area contributed by atoms with Gasteiger partial charge in [0.05, 0.1) is 25.2 Å². The van der Waals surface area contributed by atoms with E-state index in [2.05, 4.69) is 13.2 Å². The Bertz CT molecular complexity index is 409. The van der Waals surface area contributed by atoms with Crippen LogP contribution in [0.2, 0.25) is 0 Å². The largest absolute Gasteiger partial charge is 0.462 e. The van der Waals surface area contributed by atoms with Crippen molar-refractivity contribution >= 4 is 5.97 Å². The van der Waals surface area contributed by atoms with Crippen LogP contribution in [0.15, 0.2) is 25.3 Å². The zero-order chi connectivity index (χ0) is 17.5. The fourth-order valence-corrected chi connectivity index (χ4v) is 2.15. The normalized spacial score (nSPS) is 26.3. The molecule has 1 rings (SSSR count). The van der Waals surface area contributed by atoms with Crippen molar-refractivity contribution in [1.82, 2.24) is 0 Å². The molecule has 1 saturated heterocycles. The Morgan fingerprint density at radius 2 is 2.04 bits per heavy atom. The molecule has 1 aliphatic rings. The molecule has 0 radical (unpaired) electrons. The van der Waals surface area contributed by atoms with Crippen molar-refractivity contribution in [3.63, 3.8) is 0 Å². The number of aliphatic hydroxyl groups is 1. The number of carbonyl (C=O) groups excluding carboxylic acids is 1. The van der Waals surface area contributed by atoms with E-state index >= 15 is 0 Å². The average molecular weight is 328 g/mol. The highest BCUT2D eigenvalue weighted by Crippen LogP contribution is 2.35. The Kier molecular flexibility index (Phi) is 7.41. The first-order valence-corrected chi connectivity index (χ1v) is 7.73. The van der Waals surface area contributed by atoms with E-state index in [1.165, 1.54) is 6.08 Å². The maximum absolute atomic E-state index is 11.2. The fraction of sp³-hybridized carbons (Fsp3) is 0.706. The highest BCUT2D eigenvalue weighted by Gasteiger charge is 2.42. The van der Waals surface area contributed by atoms with Crippen LogP contribution in [0.1, 0.15) is 27.2 Å². The van der Waals surface area contributed by atoms with Gasteiger partial charge in [-0.3, -0.25) is 0 Å². The lowest BCUT2D eigenvalue weighted by molar-refractivity contribution is -0.285. The summed E-state index contributed by atoms with van der Waals surface area (Å²) in [4.78, 5) is 11.2. The molecule has 1 heterocycles. The summed E-state index contributed by atoms with van der Waals surface area (Å²) in [6.45, 7) is 14.0. The molecule has 0 aromatic heterocycles. The van der Waals surface area contributed by atoms with Gasteiger partial charge < -0.3 is 24.1 Å². The van der Waals surface area contributed by atoms with Crippen molar-refractivity contribution in [3.8, 4) is 0 Å². The van der Waals surface area contributed by atoms with Gasteiger partial charge in [-0.2, -0.15) is 0 Å². The molecule has 1 N–H and O–H groups in total. The predicted octanol–water partition coefficient (Wildman–Crippen LogP) is 2.03. The summed E-state index contributed by atoms with van der Waals surface area (Å²) < 4.78 is 22.1. The second-order valence-corrected chi connectivity index (χ2v) is 6.55. The van der Waals surface area contributed by atoms with E-state index in [0.29, 0.717) is 13.2 Å². The number of esters is 1. The van der Waals surface area contributed by atoms with Crippen LogP contribution in [0, 0.1) is 10.8 Å². The summed E-state index contributed by atoms with van der Waals surface area (Å²) in [6.07, 6.45) is 1.74. The van der Waals surface area contributed by atoms with E-state index in [4.69, 9.17) is 18.9 Å². The molecular formula is C17H28O6. The van der Waals surface area contributed by atoms with E-state index < -0.39 is 24.0 Å². The molecule has 0 bridgehead atoms. The maximum Gasteiger partial charge on any atom is 0.330 e. The van der Waals surface area contributed by atoms with Crippen molar-refractivity contribution < 1.29 is 28.8 Å². The van der Waals surface area contributed by atoms with Crippen molar-refractivity contribution in [3.05, 3.63) is 25.3 Å². The number of carbonyl (C=O) groups is 1. The van der Waals surface area contributed by atoms with E-state index in [1.807, 2.05) is 20.8 Å². The van der Waals surface area contributed by atoms with Crippen LogP contribution in [0.25, 0.3) is 0 Å². The molecule has 1 aliphatic heterocycles. The predicted molar refractivity (Wildman–Crippen MR) is 85.5 cm³/mol. The Balaban J connectivity index is 2.55. The second kappa shape index (κ2) is 8.59. The number of aliphatic hydroxyl groups excluding tert-OH is 1. The Morgan fingerprint density at radius 1 is 1.43 bits per heavy atom. The first kappa shape index (κ1) is 19.8. The van der Waals surface area contributed by atoms with Gasteiger partial charge in [0.25, 0.3) is 0 Å². The van der Waals surface area contributed by atoms with Gasteiger partial charge >= 0.3 is 5.97 Å². The van der Waals surface area contributed by atoms with Crippen LogP contribution in [0.3, 0.4) is 0 Å². The lowest BCUT2D eigenvalue weighted by atomic mass is 9.85. The van der Waals surface area contributed by atoms with E-state index in [-0.39, 0.29) is 18.6 Å². The molecule has 0 aromatic rings. The average Bonchev–Trinajstić information content (AvgIpc) is 2.57. The van der Waals surface area contributed by atoms with Crippen LogP contribution < -0.4 is 0 Å². The molecule has 6 heteroatoms. The summed E-state index contributed by atoms with van der Waals surface area (Å²) in [5.41, 5.74) is -0.797. The molecule has 1 atom stereocenters. The van der Waals surface area contributed by atoms with Gasteiger partial charge in [0.2, 0.25) is 0 Å². The zero-order valence-corrected chi connectivity index (χ0v) is 14.2. The maximum atomic E-state index is 11.2. The summed E-state index contributed by atoms with van der Waals surface area (Å²) in [5.74, 6) is -0.452. The molecular weight excluding hydrogens is 300 g/mol. The van der Waals surface area contributed by atoms with Crippen molar-refractivity contribution in [2.24, 2.45) is 10.8 Å². The van der Waals surface area contributed by atoms with Gasteiger partial charge in [0, 0.05) is 11.5 Å². The molecule has 132 valence electrons. The van der Waals surface area contributed by atoms with Crippen LogP contribution in [-0.2, 0) is 23.7 Å². The highest BCUT2D eigenvalue weighted by atomic mass is 16.7. The number of hydrogen-bond donors (Lipinski definition) is 1. The van der Waals surface area contributed by atoms with E-state index in [9.17, 15) is 9.90 Å². The number of ether oxygens (including phenoxy) is 4. The highest BCUT2D eigenvalue weighted by molar-refractivity contribution is 5.81. The summed E-state index contributed by atoms with van der Waals surface area (Å²) in [7, 11) is 0. The summed E-state index contributed by atoms with van der Waals surface area (Å²) in [5, 5.41) is 9.41. The lowest BCUT2D eigenvalue weighted by Crippen LogP contribution is -2.50. The third kappa shape index (κ3) is 5.73. The lowest BCUT2D eigenvalue weighted by Gasteiger charge is -2.44. The first-order chi connectivity index (χ1) is 10.8. The molecule has 1 unspecified atom stereocenters. The first-order valence-electron chi connectivity index (χ1n) is 7.73. The smallest absolute Gasteiger partial charge is 0.330 e. The SMILES string of the molecule is C=CC(=O)OCC1(CC)COC(C(C)(C)COC(O)C=C)OC1. The molecule has 0 spiro atoms. The molecule has 6 nitrogen and oxygen atoms in total. The number of hydrogen-bond acceptors (Lipinski definition) is 6. The second-order valence-electron chi connectivity index (χ2n) is 6.55. The van der Waals surface area contributed by atoms with Gasteiger partial charge in [0.15, 0.2) is 12.6 Å². The van der Waals surface area contributed by atoms with Crippen molar-refractivity contribution in [2.75, 3.05) is 26.4 Å². The van der Waals surface area contributed by atoms with Gasteiger partial charge in [-0.1, -0.05) is 33.9 Å². The minimum absolute atomic E-state index is 0.229. The van der Waals surface area contributed by atoms with E-state index in [0.717, 1.165) is 12.5 Å². The molecule has 23 heavy (non-hydrogen) atoms. The monoisotopic (exact) mass is 328 g/mol. The summed E-state index contributed by atoms with van der Waals surface area (Å²) >= 11 is 0. The van der Waals surface area contributed by atoms with Gasteiger partial charge in [-0.15, -0.1) is 0 Å². The molecule has 0 aromatic carbocycles. The Morgan fingerprint density at radius 3 is 2.52 bits per heavy atom. The Hall–Kier alpha value is -1.21. The van der Waals surface area contributed by atoms with Crippen LogP contribution >= 0.6 is 0 Å². The minimum atomic E-state index is -1.01. The third-order valence-corrected chi connectivity index (χ3v) is 3.98. The topological polar surface area (TPSA) is 74.2 Å². The number of rotatable bonds is 9. The standard InChI is InChI=1S/C17H28O6/c1-6-13(18)20-9-16(4,5)15-22-11-17(8-3,12-23-15)10-21-14(19)7-2/h6-7,13,15,18H,1-2,8-12H2,3-5H3. The molecule has 0 saturated carbocycles. The van der Waals surface area contributed by atoms with Gasteiger partial charge in [0.1, 0.15) is 6.61 Å². The third-order valence-electron chi connectivity index (χ3n) is 3.98. The molecule has 0 aliphatic carbocycles. The molecule has 1 fully saturated rings. The van der Waals surface area contributed by atoms with E-state index in [1.54, 1.807) is 0 Å². The van der Waals surface area contributed by atoms with Crippen LogP contribution in [0.4, 0.5) is 0 Å². The quantitative estimate of drug-likeness (QED) is 0.302. The fourth-order valence-electron chi connectivity index (χ4n) is 2.15. The van der Waals surface area contributed by atoms with Gasteiger partial charge in [-0.05, 0) is 12.5 Å². The van der Waals surface area contributed by atoms with Crippen LogP contribution in [0.5, 0.6) is 0 Å². The summed E-state index contributed by atoms with van der Waals surface area (Å²) in [6, 6.07) is 0. The van der Waals surface area contributed by atoms with Crippen molar-refractivity contribution in [2.45, 2.75) is 39.8 Å². The Labute approximate surface area is 138 Å².